The Morgan fingerprint density at radius 1 is 1.47 bits per heavy atom. The maximum Gasteiger partial charge on any atom is 0.326 e. The third-order valence-corrected chi connectivity index (χ3v) is 2.09. The number of nitrogens with one attached hydrogen (secondary N) is 2. The van der Waals surface area contributed by atoms with Crippen LogP contribution in [-0.2, 0) is 4.79 Å². The molecule has 1 aromatic heterocycles. The molecular formula is C11H15N3O3. The lowest BCUT2D eigenvalue weighted by molar-refractivity contribution is -0.139. The van der Waals surface area contributed by atoms with E-state index in [-0.39, 0.29) is 0 Å². The Kier molecular flexibility index (Phi) is 4.93. The van der Waals surface area contributed by atoms with Crippen LogP contribution in [0.5, 0.6) is 0 Å². The number of carboxylic acids is 1. The highest BCUT2D eigenvalue weighted by Gasteiger charge is 2.18. The first-order valence-electron chi connectivity index (χ1n) is 5.35. The molecule has 1 atom stereocenters. The number of hydrogen-bond donors (Lipinski definition) is 3. The molecule has 0 unspecified atom stereocenters. The molecule has 0 saturated carbocycles. The van der Waals surface area contributed by atoms with E-state index in [1.165, 1.54) is 6.20 Å². The predicted octanol–water partition coefficient (Wildman–Crippen LogP) is 1.46. The van der Waals surface area contributed by atoms with Crippen LogP contribution in [-0.4, -0.2) is 28.1 Å². The molecule has 0 saturated heterocycles. The maximum absolute atomic E-state index is 11.5. The van der Waals surface area contributed by atoms with E-state index >= 15 is 0 Å². The summed E-state index contributed by atoms with van der Waals surface area (Å²) in [6.45, 7) is 1.86. The first-order valence-corrected chi connectivity index (χ1v) is 5.35. The summed E-state index contributed by atoms with van der Waals surface area (Å²) in [5.41, 5.74) is 0. The van der Waals surface area contributed by atoms with Gasteiger partial charge in [-0.05, 0) is 18.6 Å². The first kappa shape index (κ1) is 13.0. The number of pyridine rings is 1. The van der Waals surface area contributed by atoms with Gasteiger partial charge in [-0.25, -0.2) is 14.6 Å². The lowest BCUT2D eigenvalue weighted by Crippen LogP contribution is -2.42. The van der Waals surface area contributed by atoms with E-state index in [1.807, 2.05) is 6.92 Å². The zero-order valence-electron chi connectivity index (χ0n) is 9.51. The van der Waals surface area contributed by atoms with Crippen LogP contribution in [0.4, 0.5) is 10.6 Å². The number of carbonyl (C=O) groups is 2. The minimum atomic E-state index is -1.04. The van der Waals surface area contributed by atoms with Crippen molar-refractivity contribution in [3.63, 3.8) is 0 Å². The van der Waals surface area contributed by atoms with E-state index in [4.69, 9.17) is 5.11 Å². The fourth-order valence-electron chi connectivity index (χ4n) is 1.29. The number of anilines is 1. The van der Waals surface area contributed by atoms with Gasteiger partial charge in [0.2, 0.25) is 0 Å². The van der Waals surface area contributed by atoms with Crippen LogP contribution in [0.3, 0.4) is 0 Å². The van der Waals surface area contributed by atoms with Gasteiger partial charge in [-0.3, -0.25) is 5.32 Å². The van der Waals surface area contributed by atoms with Gasteiger partial charge in [0, 0.05) is 6.20 Å². The van der Waals surface area contributed by atoms with Gasteiger partial charge in [0.1, 0.15) is 11.9 Å². The summed E-state index contributed by atoms with van der Waals surface area (Å²) in [6, 6.07) is 3.63. The van der Waals surface area contributed by atoms with Crippen molar-refractivity contribution in [2.45, 2.75) is 25.8 Å². The summed E-state index contributed by atoms with van der Waals surface area (Å²) in [5.74, 6) is -0.659. The van der Waals surface area contributed by atoms with E-state index in [2.05, 4.69) is 15.6 Å². The van der Waals surface area contributed by atoms with Crippen LogP contribution in [0, 0.1) is 0 Å². The molecule has 92 valence electrons. The third-order valence-electron chi connectivity index (χ3n) is 2.09. The van der Waals surface area contributed by atoms with E-state index < -0.39 is 18.0 Å². The summed E-state index contributed by atoms with van der Waals surface area (Å²) >= 11 is 0. The Hall–Kier alpha value is -2.11. The minimum Gasteiger partial charge on any atom is -0.480 e. The lowest BCUT2D eigenvalue weighted by atomic mass is 10.2. The number of aliphatic carboxylic acids is 1. The molecule has 6 nitrogen and oxygen atoms in total. The molecule has 2 amide bonds. The standard InChI is InChI=1S/C11H15N3O3/c1-2-5-8(10(15)16)13-11(17)14-9-6-3-4-7-12-9/h3-4,6-8H,2,5H2,1H3,(H,15,16)(H2,12,13,14,17)/t8-/m0/s1. The number of carboxylic acid groups (broad SMARTS) is 1. The molecule has 0 fully saturated rings. The second-order valence-electron chi connectivity index (χ2n) is 3.49. The van der Waals surface area contributed by atoms with E-state index in [1.54, 1.807) is 18.2 Å². The highest BCUT2D eigenvalue weighted by molar-refractivity contribution is 5.91. The van der Waals surface area contributed by atoms with Crippen molar-refractivity contribution in [2.24, 2.45) is 0 Å². The predicted molar refractivity (Wildman–Crippen MR) is 62.7 cm³/mol. The Bertz CT molecular complexity index is 381. The molecular weight excluding hydrogens is 222 g/mol. The molecule has 0 spiro atoms. The Morgan fingerprint density at radius 2 is 2.24 bits per heavy atom. The molecule has 6 heteroatoms. The van der Waals surface area contributed by atoms with E-state index in [9.17, 15) is 9.59 Å². The zero-order chi connectivity index (χ0) is 12.7. The SMILES string of the molecule is CCC[C@H](NC(=O)Nc1ccccn1)C(=O)O. The van der Waals surface area contributed by atoms with E-state index in [0.717, 1.165) is 0 Å². The van der Waals surface area contributed by atoms with Crippen molar-refractivity contribution in [3.05, 3.63) is 24.4 Å². The molecule has 1 heterocycles. The summed E-state index contributed by atoms with van der Waals surface area (Å²) in [5, 5.41) is 13.7. The molecule has 0 bridgehead atoms. The summed E-state index contributed by atoms with van der Waals surface area (Å²) in [7, 11) is 0. The van der Waals surface area contributed by atoms with E-state index in [0.29, 0.717) is 18.7 Å². The van der Waals surface area contributed by atoms with Crippen LogP contribution in [0.15, 0.2) is 24.4 Å². The number of carbonyl (C=O) groups excluding carboxylic acids is 1. The molecule has 1 aromatic rings. The van der Waals surface area contributed by atoms with Gasteiger partial charge in [-0.1, -0.05) is 19.4 Å². The van der Waals surface area contributed by atoms with Crippen molar-refractivity contribution >= 4 is 17.8 Å². The van der Waals surface area contributed by atoms with Gasteiger partial charge in [-0.15, -0.1) is 0 Å². The second-order valence-corrected chi connectivity index (χ2v) is 3.49. The van der Waals surface area contributed by atoms with Crippen molar-refractivity contribution in [1.29, 1.82) is 0 Å². The maximum atomic E-state index is 11.5. The lowest BCUT2D eigenvalue weighted by Gasteiger charge is -2.13. The van der Waals surface area contributed by atoms with Crippen molar-refractivity contribution in [1.82, 2.24) is 10.3 Å². The largest absolute Gasteiger partial charge is 0.480 e. The monoisotopic (exact) mass is 237 g/mol. The molecule has 0 aliphatic carbocycles. The Labute approximate surface area is 99.1 Å². The van der Waals surface area contributed by atoms with Crippen LogP contribution in [0.2, 0.25) is 0 Å². The Balaban J connectivity index is 2.51. The minimum absolute atomic E-state index is 0.380. The van der Waals surface area contributed by atoms with Gasteiger partial charge in [0.15, 0.2) is 0 Å². The Morgan fingerprint density at radius 3 is 2.76 bits per heavy atom. The van der Waals surface area contributed by atoms with Crippen LogP contribution >= 0.6 is 0 Å². The number of urea groups is 1. The molecule has 0 aromatic carbocycles. The van der Waals surface area contributed by atoms with Gasteiger partial charge in [0.25, 0.3) is 0 Å². The smallest absolute Gasteiger partial charge is 0.326 e. The molecule has 0 radical (unpaired) electrons. The first-order chi connectivity index (χ1) is 8.13. The number of rotatable bonds is 5. The number of amides is 2. The topological polar surface area (TPSA) is 91.3 Å². The molecule has 1 rings (SSSR count). The van der Waals surface area contributed by atoms with Crippen LogP contribution in [0.1, 0.15) is 19.8 Å². The fraction of sp³-hybridized carbons (Fsp3) is 0.364. The van der Waals surface area contributed by atoms with Crippen LogP contribution in [0.25, 0.3) is 0 Å². The van der Waals surface area contributed by atoms with Crippen molar-refractivity contribution in [2.75, 3.05) is 5.32 Å². The molecule has 17 heavy (non-hydrogen) atoms. The van der Waals surface area contributed by atoms with Gasteiger partial charge >= 0.3 is 12.0 Å². The number of aromatic nitrogens is 1. The zero-order valence-corrected chi connectivity index (χ0v) is 9.51. The van der Waals surface area contributed by atoms with Crippen LogP contribution < -0.4 is 10.6 Å². The van der Waals surface area contributed by atoms with Gasteiger partial charge in [0.05, 0.1) is 0 Å². The number of nitrogens with zero attached hydrogens (tertiary/aromatic N) is 1. The average molecular weight is 237 g/mol. The average Bonchev–Trinajstić information content (AvgIpc) is 2.29. The summed E-state index contributed by atoms with van der Waals surface area (Å²) in [4.78, 5) is 26.2. The highest BCUT2D eigenvalue weighted by Crippen LogP contribution is 2.01. The normalized spacial score (nSPS) is 11.6. The third kappa shape index (κ3) is 4.50. The molecule has 0 aliphatic rings. The molecule has 3 N–H and O–H groups in total. The van der Waals surface area contributed by atoms with Gasteiger partial charge in [-0.2, -0.15) is 0 Å². The highest BCUT2D eigenvalue weighted by atomic mass is 16.4. The quantitative estimate of drug-likeness (QED) is 0.722. The van der Waals surface area contributed by atoms with Crippen molar-refractivity contribution in [3.8, 4) is 0 Å². The molecule has 0 aliphatic heterocycles. The summed E-state index contributed by atoms with van der Waals surface area (Å²) < 4.78 is 0. The van der Waals surface area contributed by atoms with Crippen molar-refractivity contribution < 1.29 is 14.7 Å². The second kappa shape index (κ2) is 6.47. The summed E-state index contributed by atoms with van der Waals surface area (Å²) in [6.07, 6.45) is 2.61. The van der Waals surface area contributed by atoms with Gasteiger partial charge < -0.3 is 10.4 Å². The fourth-order valence-corrected chi connectivity index (χ4v) is 1.29. The number of hydrogen-bond acceptors (Lipinski definition) is 3.